The summed E-state index contributed by atoms with van der Waals surface area (Å²) in [6, 6.07) is 11.2. The topological polar surface area (TPSA) is 86.8 Å². The predicted octanol–water partition coefficient (Wildman–Crippen LogP) is 4.35. The maximum absolute atomic E-state index is 13.5. The van der Waals surface area contributed by atoms with Crippen LogP contribution < -0.4 is 10.2 Å². The third-order valence-electron chi connectivity index (χ3n) is 6.73. The van der Waals surface area contributed by atoms with Crippen LogP contribution >= 0.6 is 15.9 Å². The molecular weight excluding hydrogens is 518 g/mol. The molecule has 2 heterocycles. The molecule has 0 saturated carbocycles. The number of fused-ring (bicyclic) bond motifs is 1. The van der Waals surface area contributed by atoms with Crippen molar-refractivity contribution >= 4 is 49.1 Å². The number of nitrogens with one attached hydrogen (secondary N) is 1. The smallest absolute Gasteiger partial charge is 0.244 e. The summed E-state index contributed by atoms with van der Waals surface area (Å²) >= 11 is 3.44. The second-order valence-corrected chi connectivity index (χ2v) is 11.5. The Morgan fingerprint density at radius 2 is 1.79 bits per heavy atom. The fraction of sp³-hybridized carbons (Fsp3) is 0.440. The maximum atomic E-state index is 13.5. The maximum Gasteiger partial charge on any atom is 0.244 e. The summed E-state index contributed by atoms with van der Waals surface area (Å²) in [4.78, 5) is 27.0. The van der Waals surface area contributed by atoms with E-state index in [1.165, 1.54) is 4.31 Å². The van der Waals surface area contributed by atoms with Gasteiger partial charge in [-0.05, 0) is 70.9 Å². The Balaban J connectivity index is 1.47. The minimum atomic E-state index is -3.77. The molecule has 0 atom stereocenters. The minimum absolute atomic E-state index is 0.0131. The van der Waals surface area contributed by atoms with Crippen LogP contribution in [0.4, 0.5) is 11.4 Å². The van der Waals surface area contributed by atoms with Crippen molar-refractivity contribution < 1.29 is 18.0 Å². The van der Waals surface area contributed by atoms with Crippen molar-refractivity contribution in [2.45, 2.75) is 50.8 Å². The number of para-hydroxylation sites is 1. The summed E-state index contributed by atoms with van der Waals surface area (Å²) in [5, 5.41) is 3.02. The second kappa shape index (κ2) is 10.2. The zero-order valence-electron chi connectivity index (χ0n) is 19.5. The van der Waals surface area contributed by atoms with Gasteiger partial charge in [-0.3, -0.25) is 9.59 Å². The highest BCUT2D eigenvalue weighted by molar-refractivity contribution is 9.10. The highest BCUT2D eigenvalue weighted by atomic mass is 79.9. The van der Waals surface area contributed by atoms with Crippen LogP contribution in [0, 0.1) is 5.92 Å². The molecule has 1 fully saturated rings. The average Bonchev–Trinajstić information content (AvgIpc) is 3.26. The first-order chi connectivity index (χ1) is 16.3. The highest BCUT2D eigenvalue weighted by Crippen LogP contribution is 2.37. The van der Waals surface area contributed by atoms with Gasteiger partial charge in [0.05, 0.1) is 4.90 Å². The first-order valence-electron chi connectivity index (χ1n) is 11.8. The van der Waals surface area contributed by atoms with Gasteiger partial charge in [-0.25, -0.2) is 8.42 Å². The molecule has 0 spiro atoms. The largest absolute Gasteiger partial charge is 0.326 e. The van der Waals surface area contributed by atoms with Crippen LogP contribution in [0.25, 0.3) is 0 Å². The van der Waals surface area contributed by atoms with Crippen molar-refractivity contribution in [1.82, 2.24) is 4.31 Å². The highest BCUT2D eigenvalue weighted by Gasteiger charge is 2.35. The Bertz CT molecular complexity index is 1210. The molecule has 7 nitrogen and oxygen atoms in total. The Morgan fingerprint density at radius 3 is 2.47 bits per heavy atom. The van der Waals surface area contributed by atoms with E-state index in [0.717, 1.165) is 23.2 Å². The fourth-order valence-corrected chi connectivity index (χ4v) is 7.26. The number of amides is 2. The molecular formula is C25H30BrN3O4S. The van der Waals surface area contributed by atoms with E-state index >= 15 is 0 Å². The lowest BCUT2D eigenvalue weighted by Crippen LogP contribution is -2.41. The molecule has 0 bridgehead atoms. The number of nitrogens with zero attached hydrogens (tertiary/aromatic N) is 2. The quantitative estimate of drug-likeness (QED) is 0.582. The van der Waals surface area contributed by atoms with Crippen LogP contribution in [0.5, 0.6) is 0 Å². The van der Waals surface area contributed by atoms with Gasteiger partial charge in [0.15, 0.2) is 0 Å². The number of anilines is 2. The molecule has 2 aromatic rings. The van der Waals surface area contributed by atoms with Crippen molar-refractivity contribution in [1.29, 1.82) is 0 Å². The zero-order chi connectivity index (χ0) is 24.5. The third kappa shape index (κ3) is 4.78. The lowest BCUT2D eigenvalue weighted by atomic mass is 9.97. The average molecular weight is 549 g/mol. The van der Waals surface area contributed by atoms with Gasteiger partial charge in [0.25, 0.3) is 0 Å². The molecule has 34 heavy (non-hydrogen) atoms. The first kappa shape index (κ1) is 24.9. The van der Waals surface area contributed by atoms with Crippen LogP contribution in [-0.2, 0) is 32.5 Å². The van der Waals surface area contributed by atoms with E-state index in [1.807, 2.05) is 37.3 Å². The Labute approximate surface area is 209 Å². The number of aryl methyl sites for hydroxylation is 1. The van der Waals surface area contributed by atoms with Crippen molar-refractivity contribution in [2.24, 2.45) is 5.92 Å². The number of hydrogen-bond donors (Lipinski definition) is 1. The molecule has 1 N–H and O–H groups in total. The zero-order valence-corrected chi connectivity index (χ0v) is 21.9. The van der Waals surface area contributed by atoms with Crippen LogP contribution in [0.15, 0.2) is 45.8 Å². The second-order valence-electron chi connectivity index (χ2n) is 8.74. The van der Waals surface area contributed by atoms with Gasteiger partial charge in [-0.1, -0.05) is 32.0 Å². The number of benzene rings is 2. The number of piperidine rings is 1. The summed E-state index contributed by atoms with van der Waals surface area (Å²) in [5.41, 5.74) is 3.54. The summed E-state index contributed by atoms with van der Waals surface area (Å²) in [5.74, 6) is -0.316. The monoisotopic (exact) mass is 547 g/mol. The molecule has 0 aromatic heterocycles. The lowest BCUT2D eigenvalue weighted by molar-refractivity contribution is -0.121. The van der Waals surface area contributed by atoms with E-state index in [0.29, 0.717) is 42.4 Å². The number of hydrogen-bond acceptors (Lipinski definition) is 4. The third-order valence-corrected chi connectivity index (χ3v) is 9.59. The molecule has 0 aliphatic carbocycles. The van der Waals surface area contributed by atoms with Crippen molar-refractivity contribution in [3.8, 4) is 0 Å². The van der Waals surface area contributed by atoms with Crippen LogP contribution in [-0.4, -0.2) is 44.2 Å². The SMILES string of the molecule is CCC(=O)N1CCc2cc(Br)c(S(=O)(=O)N3CCC(C(=O)Nc4ccccc4CC)CC3)cc21. The first-order valence-corrected chi connectivity index (χ1v) is 14.0. The Hall–Kier alpha value is -2.23. The van der Waals surface area contributed by atoms with Crippen molar-refractivity contribution in [3.63, 3.8) is 0 Å². The number of carbonyl (C=O) groups excluding carboxylic acids is 2. The summed E-state index contributed by atoms with van der Waals surface area (Å²) in [6.07, 6.45) is 2.83. The van der Waals surface area contributed by atoms with E-state index in [1.54, 1.807) is 17.9 Å². The van der Waals surface area contributed by atoms with Gasteiger partial charge in [0.1, 0.15) is 0 Å². The molecule has 182 valence electrons. The number of carbonyl (C=O) groups is 2. The molecule has 2 aliphatic heterocycles. The van der Waals surface area contributed by atoms with E-state index in [2.05, 4.69) is 21.2 Å². The van der Waals surface area contributed by atoms with Gasteiger partial charge >= 0.3 is 0 Å². The Morgan fingerprint density at radius 1 is 1.09 bits per heavy atom. The fourth-order valence-electron chi connectivity index (χ4n) is 4.72. The van der Waals surface area contributed by atoms with E-state index in [4.69, 9.17) is 0 Å². The minimum Gasteiger partial charge on any atom is -0.326 e. The summed E-state index contributed by atoms with van der Waals surface area (Å²) in [7, 11) is -3.77. The van der Waals surface area contributed by atoms with E-state index in [-0.39, 0.29) is 35.7 Å². The standard InChI is InChI=1S/C25H30BrN3O4S/c1-3-17-7-5-6-8-21(17)27-25(31)18-9-12-28(13-10-18)34(32,33)23-16-22-19(15-20(23)26)11-14-29(22)24(30)4-2/h5-8,15-16,18H,3-4,9-14H2,1-2H3,(H,27,31). The number of sulfonamides is 1. The van der Waals surface area contributed by atoms with Crippen LogP contribution in [0.2, 0.25) is 0 Å². The van der Waals surface area contributed by atoms with Gasteiger partial charge in [0.2, 0.25) is 21.8 Å². The van der Waals surface area contributed by atoms with Crippen LogP contribution in [0.3, 0.4) is 0 Å². The number of halogens is 1. The van der Waals surface area contributed by atoms with Crippen LogP contribution in [0.1, 0.15) is 44.2 Å². The molecule has 4 rings (SSSR count). The predicted molar refractivity (Wildman–Crippen MR) is 136 cm³/mol. The van der Waals surface area contributed by atoms with Crippen molar-refractivity contribution in [3.05, 3.63) is 52.0 Å². The lowest BCUT2D eigenvalue weighted by Gasteiger charge is -2.31. The van der Waals surface area contributed by atoms with Gasteiger partial charge in [-0.15, -0.1) is 0 Å². The molecule has 2 aliphatic rings. The van der Waals surface area contributed by atoms with Gasteiger partial charge in [0, 0.05) is 47.8 Å². The van der Waals surface area contributed by atoms with E-state index < -0.39 is 10.0 Å². The molecule has 2 amide bonds. The van der Waals surface area contributed by atoms with Gasteiger partial charge in [-0.2, -0.15) is 4.31 Å². The Kier molecular flexibility index (Phi) is 7.45. The normalized spacial score (nSPS) is 17.0. The number of rotatable bonds is 6. The summed E-state index contributed by atoms with van der Waals surface area (Å²) in [6.45, 7) is 4.97. The molecule has 1 saturated heterocycles. The molecule has 0 radical (unpaired) electrons. The van der Waals surface area contributed by atoms with E-state index in [9.17, 15) is 18.0 Å². The summed E-state index contributed by atoms with van der Waals surface area (Å²) < 4.78 is 29.0. The molecule has 9 heteroatoms. The molecule has 0 unspecified atom stereocenters. The molecule has 2 aromatic carbocycles. The van der Waals surface area contributed by atoms with Crippen molar-refractivity contribution in [2.75, 3.05) is 29.9 Å². The van der Waals surface area contributed by atoms with Gasteiger partial charge < -0.3 is 10.2 Å².